The van der Waals surface area contributed by atoms with Gasteiger partial charge in [-0.2, -0.15) is 0 Å². The Morgan fingerprint density at radius 2 is 1.86 bits per heavy atom. The zero-order valence-electron chi connectivity index (χ0n) is 11.3. The molecule has 2 aromatic rings. The molecule has 6 nitrogen and oxygen atoms in total. The lowest BCUT2D eigenvalue weighted by Gasteiger charge is -2.19. The highest BCUT2D eigenvalue weighted by atomic mass is 35.5. The summed E-state index contributed by atoms with van der Waals surface area (Å²) in [5.74, 6) is -0.411. The van der Waals surface area contributed by atoms with Gasteiger partial charge >= 0.3 is 0 Å². The number of nitrogens with zero attached hydrogens (tertiary/aromatic N) is 2. The van der Waals surface area contributed by atoms with Gasteiger partial charge in [-0.1, -0.05) is 41.9 Å². The molecule has 2 aromatic carbocycles. The zero-order chi connectivity index (χ0) is 15.9. The third-order valence-electron chi connectivity index (χ3n) is 3.49. The van der Waals surface area contributed by atoms with E-state index < -0.39 is 20.7 Å². The van der Waals surface area contributed by atoms with E-state index in [0.29, 0.717) is 0 Å². The summed E-state index contributed by atoms with van der Waals surface area (Å²) < 4.78 is 25.9. The Morgan fingerprint density at radius 3 is 2.50 bits per heavy atom. The van der Waals surface area contributed by atoms with Crippen LogP contribution in [0.4, 0.5) is 11.4 Å². The molecule has 0 bridgehead atoms. The molecule has 0 radical (unpaired) electrons. The predicted molar refractivity (Wildman–Crippen MR) is 83.4 cm³/mol. The van der Waals surface area contributed by atoms with Gasteiger partial charge in [0.15, 0.2) is 0 Å². The summed E-state index contributed by atoms with van der Waals surface area (Å²) in [4.78, 5) is 10.5. The van der Waals surface area contributed by atoms with Gasteiger partial charge in [-0.3, -0.25) is 14.4 Å². The third kappa shape index (κ3) is 2.42. The van der Waals surface area contributed by atoms with Crippen molar-refractivity contribution >= 4 is 33.0 Å². The SMILES string of the molecule is O=[N+]([O-])c1ccc(Cl)c2c1CS(=O)(=O)N2Cc1ccccc1. The lowest BCUT2D eigenvalue weighted by Crippen LogP contribution is -2.26. The van der Waals surface area contributed by atoms with E-state index in [1.165, 1.54) is 12.1 Å². The molecule has 8 heteroatoms. The van der Waals surface area contributed by atoms with E-state index in [0.717, 1.165) is 9.87 Å². The number of sulfonamides is 1. The minimum atomic E-state index is -3.68. The van der Waals surface area contributed by atoms with Crippen molar-refractivity contribution in [2.24, 2.45) is 0 Å². The van der Waals surface area contributed by atoms with Gasteiger partial charge in [-0.25, -0.2) is 8.42 Å². The molecule has 0 amide bonds. The Balaban J connectivity index is 2.14. The molecule has 114 valence electrons. The molecule has 22 heavy (non-hydrogen) atoms. The first-order chi connectivity index (χ1) is 10.4. The summed E-state index contributed by atoms with van der Waals surface area (Å²) >= 11 is 6.11. The van der Waals surface area contributed by atoms with Gasteiger partial charge < -0.3 is 0 Å². The van der Waals surface area contributed by atoms with Crippen LogP contribution in [0, 0.1) is 10.1 Å². The van der Waals surface area contributed by atoms with Crippen molar-refractivity contribution in [2.45, 2.75) is 12.3 Å². The molecule has 0 N–H and O–H groups in total. The summed E-state index contributed by atoms with van der Waals surface area (Å²) in [6.45, 7) is 0.0943. The molecule has 0 atom stereocenters. The Labute approximate surface area is 132 Å². The molecule has 0 unspecified atom stereocenters. The number of anilines is 1. The van der Waals surface area contributed by atoms with Gasteiger partial charge in [0.05, 0.1) is 27.7 Å². The van der Waals surface area contributed by atoms with Crippen LogP contribution in [0.25, 0.3) is 0 Å². The number of nitro groups is 1. The first-order valence-corrected chi connectivity index (χ1v) is 8.39. The van der Waals surface area contributed by atoms with Crippen LogP contribution in [-0.2, 0) is 22.3 Å². The summed E-state index contributed by atoms with van der Waals surface area (Å²) in [6.07, 6.45) is 0. The normalized spacial score (nSPS) is 15.6. The second-order valence-corrected chi connectivity index (χ2v) is 7.20. The minimum Gasteiger partial charge on any atom is -0.263 e. The van der Waals surface area contributed by atoms with Gasteiger partial charge in [-0.15, -0.1) is 0 Å². The van der Waals surface area contributed by atoms with Crippen molar-refractivity contribution in [2.75, 3.05) is 4.31 Å². The van der Waals surface area contributed by atoms with Crippen LogP contribution in [0.2, 0.25) is 5.02 Å². The molecule has 1 aliphatic heterocycles. The lowest BCUT2D eigenvalue weighted by atomic mass is 10.1. The van der Waals surface area contributed by atoms with Gasteiger partial charge in [0.1, 0.15) is 5.75 Å². The second-order valence-electron chi connectivity index (χ2n) is 4.90. The average Bonchev–Trinajstić information content (AvgIpc) is 2.72. The molecule has 3 rings (SSSR count). The van der Waals surface area contributed by atoms with Crippen molar-refractivity contribution in [3.8, 4) is 0 Å². The van der Waals surface area contributed by atoms with Crippen LogP contribution in [0.1, 0.15) is 11.1 Å². The molecular weight excluding hydrogens is 328 g/mol. The second kappa shape index (κ2) is 5.26. The quantitative estimate of drug-likeness (QED) is 0.636. The summed E-state index contributed by atoms with van der Waals surface area (Å²) in [7, 11) is -3.68. The maximum Gasteiger partial charge on any atom is 0.275 e. The van der Waals surface area contributed by atoms with Crippen molar-refractivity contribution < 1.29 is 13.3 Å². The van der Waals surface area contributed by atoms with E-state index in [4.69, 9.17) is 11.6 Å². The van der Waals surface area contributed by atoms with Crippen LogP contribution in [0.5, 0.6) is 0 Å². The fourth-order valence-electron chi connectivity index (χ4n) is 2.51. The van der Waals surface area contributed by atoms with Crippen molar-refractivity contribution in [1.82, 2.24) is 0 Å². The Bertz CT molecular complexity index is 853. The monoisotopic (exact) mass is 338 g/mol. The highest BCUT2D eigenvalue weighted by molar-refractivity contribution is 7.92. The van der Waals surface area contributed by atoms with E-state index >= 15 is 0 Å². The average molecular weight is 339 g/mol. The number of rotatable bonds is 3. The fourth-order valence-corrected chi connectivity index (χ4v) is 4.47. The summed E-state index contributed by atoms with van der Waals surface area (Å²) in [5, 5.41) is 11.3. The molecular formula is C14H11ClN2O4S. The molecule has 0 spiro atoms. The highest BCUT2D eigenvalue weighted by Crippen LogP contribution is 2.44. The number of hydrogen-bond donors (Lipinski definition) is 0. The Morgan fingerprint density at radius 1 is 1.18 bits per heavy atom. The lowest BCUT2D eigenvalue weighted by molar-refractivity contribution is -0.385. The Hall–Kier alpha value is -2.12. The van der Waals surface area contributed by atoms with E-state index in [1.54, 1.807) is 24.3 Å². The predicted octanol–water partition coefficient (Wildman–Crippen LogP) is 3.10. The molecule has 0 fully saturated rings. The smallest absolute Gasteiger partial charge is 0.263 e. The molecule has 0 aliphatic carbocycles. The summed E-state index contributed by atoms with van der Waals surface area (Å²) in [5.41, 5.74) is 0.910. The topological polar surface area (TPSA) is 80.5 Å². The third-order valence-corrected chi connectivity index (χ3v) is 5.43. The van der Waals surface area contributed by atoms with E-state index in [-0.39, 0.29) is 28.5 Å². The van der Waals surface area contributed by atoms with Crippen LogP contribution < -0.4 is 4.31 Å². The number of nitro benzene ring substituents is 1. The molecule has 1 aliphatic rings. The summed E-state index contributed by atoms with van der Waals surface area (Å²) in [6, 6.07) is 11.6. The molecule has 1 heterocycles. The van der Waals surface area contributed by atoms with Gasteiger partial charge in [0, 0.05) is 6.07 Å². The standard InChI is InChI=1S/C14H11ClN2O4S/c15-12-6-7-13(17(18)19)11-9-22(20,21)16(14(11)12)8-10-4-2-1-3-5-10/h1-7H,8-9H2. The van der Waals surface area contributed by atoms with E-state index in [1.807, 2.05) is 6.07 Å². The number of halogens is 1. The first-order valence-electron chi connectivity index (χ1n) is 6.40. The number of benzene rings is 2. The van der Waals surface area contributed by atoms with Crippen molar-refractivity contribution in [1.29, 1.82) is 0 Å². The minimum absolute atomic E-state index is 0.0943. The van der Waals surface area contributed by atoms with Crippen LogP contribution in [0.15, 0.2) is 42.5 Å². The highest BCUT2D eigenvalue weighted by Gasteiger charge is 2.39. The van der Waals surface area contributed by atoms with Gasteiger partial charge in [0.25, 0.3) is 5.69 Å². The Kier molecular flexibility index (Phi) is 3.54. The molecule has 0 saturated carbocycles. The maximum atomic E-state index is 12.4. The largest absolute Gasteiger partial charge is 0.275 e. The molecule has 0 aromatic heterocycles. The van der Waals surface area contributed by atoms with Crippen LogP contribution >= 0.6 is 11.6 Å². The fraction of sp³-hybridized carbons (Fsp3) is 0.143. The van der Waals surface area contributed by atoms with Crippen molar-refractivity contribution in [3.05, 3.63) is 68.7 Å². The molecule has 0 saturated heterocycles. The van der Waals surface area contributed by atoms with Gasteiger partial charge in [0.2, 0.25) is 10.0 Å². The number of fused-ring (bicyclic) bond motifs is 1. The number of hydrogen-bond acceptors (Lipinski definition) is 4. The van der Waals surface area contributed by atoms with Crippen LogP contribution in [0.3, 0.4) is 0 Å². The zero-order valence-corrected chi connectivity index (χ0v) is 12.8. The van der Waals surface area contributed by atoms with Crippen molar-refractivity contribution in [3.63, 3.8) is 0 Å². The first kappa shape index (κ1) is 14.8. The van der Waals surface area contributed by atoms with Crippen LogP contribution in [-0.4, -0.2) is 13.3 Å². The maximum absolute atomic E-state index is 12.4. The van der Waals surface area contributed by atoms with Gasteiger partial charge in [-0.05, 0) is 11.6 Å². The van der Waals surface area contributed by atoms with E-state index in [9.17, 15) is 18.5 Å². The van der Waals surface area contributed by atoms with E-state index in [2.05, 4.69) is 0 Å².